The highest BCUT2D eigenvalue weighted by Crippen LogP contribution is 2.37. The van der Waals surface area contributed by atoms with Gasteiger partial charge in [0.05, 0.1) is 33.4 Å². The quantitative estimate of drug-likeness (QED) is 0.172. The first-order valence-electron chi connectivity index (χ1n) is 12.6. The Bertz CT molecular complexity index is 1350. The van der Waals surface area contributed by atoms with Crippen molar-refractivity contribution in [1.29, 1.82) is 0 Å². The molecule has 0 unspecified atom stereocenters. The lowest BCUT2D eigenvalue weighted by molar-refractivity contribution is -0.149. The predicted molar refractivity (Wildman–Crippen MR) is 160 cm³/mol. The van der Waals surface area contributed by atoms with Crippen molar-refractivity contribution in [2.45, 2.75) is 44.6 Å². The van der Waals surface area contributed by atoms with Crippen molar-refractivity contribution in [2.75, 3.05) is 20.3 Å². The topological polar surface area (TPSA) is 142 Å². The molecular formula is C28H29Cl2IN2O8. The standard InChI is InChI=1S/C28H29Cl2IN2O8/c1-3-22(36)28(39)33(13-15-4-5-18(29)19(30)8-15)21-11-17(27(38)32-6-7-34)12-23(25(21)37)41-26-20(31)9-16(14-35)10-24(26)40-2/h4-5,8-10,12,14,21,23,25,34,37H,3,6-7,11,13H2,1-2H3,(H,32,38)/t21-,23+,25+/m1/s1. The van der Waals surface area contributed by atoms with Crippen molar-refractivity contribution >= 4 is 69.7 Å². The second kappa shape index (κ2) is 15.0. The molecule has 2 amide bonds. The Morgan fingerprint density at radius 3 is 2.54 bits per heavy atom. The van der Waals surface area contributed by atoms with Crippen LogP contribution in [-0.4, -0.2) is 77.5 Å². The number of nitrogens with one attached hydrogen (secondary N) is 1. The maximum Gasteiger partial charge on any atom is 0.290 e. The van der Waals surface area contributed by atoms with Crippen molar-refractivity contribution in [3.63, 3.8) is 0 Å². The largest absolute Gasteiger partial charge is 0.493 e. The number of ketones is 1. The van der Waals surface area contributed by atoms with Gasteiger partial charge in [-0.1, -0.05) is 36.2 Å². The molecule has 1 aliphatic carbocycles. The third-order valence-electron chi connectivity index (χ3n) is 6.41. The molecule has 0 radical (unpaired) electrons. The number of aliphatic hydroxyl groups is 2. The average Bonchev–Trinajstić information content (AvgIpc) is 2.97. The first-order valence-corrected chi connectivity index (χ1v) is 14.4. The number of hydrogen-bond donors (Lipinski definition) is 3. The number of carbonyl (C=O) groups is 4. The molecule has 0 saturated heterocycles. The van der Waals surface area contributed by atoms with Gasteiger partial charge in [0.15, 0.2) is 11.5 Å². The van der Waals surface area contributed by atoms with Crippen LogP contribution in [0.2, 0.25) is 10.0 Å². The summed E-state index contributed by atoms with van der Waals surface area (Å²) in [4.78, 5) is 51.5. The van der Waals surface area contributed by atoms with Crippen LogP contribution in [0.5, 0.6) is 11.5 Å². The molecule has 0 aliphatic heterocycles. The second-order valence-corrected chi connectivity index (χ2v) is 11.1. The first kappa shape index (κ1) is 32.8. The maximum atomic E-state index is 13.4. The predicted octanol–water partition coefficient (Wildman–Crippen LogP) is 3.34. The molecule has 3 N–H and O–H groups in total. The van der Waals surface area contributed by atoms with Gasteiger partial charge in [0, 0.05) is 37.1 Å². The number of rotatable bonds is 12. The smallest absolute Gasteiger partial charge is 0.290 e. The van der Waals surface area contributed by atoms with Crippen molar-refractivity contribution < 1.29 is 38.9 Å². The number of benzene rings is 2. The van der Waals surface area contributed by atoms with Crippen molar-refractivity contribution in [3.8, 4) is 11.5 Å². The summed E-state index contributed by atoms with van der Waals surface area (Å²) >= 11 is 14.2. The summed E-state index contributed by atoms with van der Waals surface area (Å²) in [5.41, 5.74) is 1.06. The van der Waals surface area contributed by atoms with Gasteiger partial charge in [-0.25, -0.2) is 0 Å². The summed E-state index contributed by atoms with van der Waals surface area (Å²) in [6.07, 6.45) is -0.666. The van der Waals surface area contributed by atoms with Gasteiger partial charge < -0.3 is 29.9 Å². The number of carbonyl (C=O) groups excluding carboxylic acids is 4. The van der Waals surface area contributed by atoms with Crippen LogP contribution in [0.15, 0.2) is 42.0 Å². The summed E-state index contributed by atoms with van der Waals surface area (Å²) in [6, 6.07) is 6.70. The van der Waals surface area contributed by atoms with E-state index in [0.717, 1.165) is 0 Å². The van der Waals surface area contributed by atoms with E-state index in [1.54, 1.807) is 31.2 Å². The fourth-order valence-corrected chi connectivity index (χ4v) is 5.40. The molecule has 0 fully saturated rings. The number of aliphatic hydroxyl groups excluding tert-OH is 2. The molecule has 3 rings (SSSR count). The van der Waals surface area contributed by atoms with E-state index >= 15 is 0 Å². The van der Waals surface area contributed by atoms with E-state index in [9.17, 15) is 29.4 Å². The van der Waals surface area contributed by atoms with E-state index in [-0.39, 0.29) is 54.6 Å². The molecule has 0 aromatic heterocycles. The zero-order valence-electron chi connectivity index (χ0n) is 22.2. The van der Waals surface area contributed by atoms with E-state index in [0.29, 0.717) is 26.0 Å². The Hall–Kier alpha value is -2.71. The molecule has 0 heterocycles. The van der Waals surface area contributed by atoms with Crippen LogP contribution < -0.4 is 14.8 Å². The lowest BCUT2D eigenvalue weighted by atomic mass is 9.87. The van der Waals surface area contributed by atoms with Gasteiger partial charge in [0.1, 0.15) is 18.5 Å². The minimum absolute atomic E-state index is 0.0198. The number of methoxy groups -OCH3 is 1. The van der Waals surface area contributed by atoms with Crippen LogP contribution in [0.4, 0.5) is 0 Å². The number of ether oxygens (including phenoxy) is 2. The summed E-state index contributed by atoms with van der Waals surface area (Å²) in [7, 11) is 1.39. The number of Topliss-reactive ketones (excluding diaryl/α,β-unsaturated/α-hetero) is 1. The number of nitrogens with zero attached hydrogens (tertiary/aromatic N) is 1. The lowest BCUT2D eigenvalue weighted by Gasteiger charge is -2.40. The van der Waals surface area contributed by atoms with Crippen LogP contribution in [0.3, 0.4) is 0 Å². The Balaban J connectivity index is 2.08. The molecular weight excluding hydrogens is 690 g/mol. The fraction of sp³-hybridized carbons (Fsp3) is 0.357. The molecule has 220 valence electrons. The van der Waals surface area contributed by atoms with Crippen LogP contribution in [0, 0.1) is 3.57 Å². The molecule has 13 heteroatoms. The van der Waals surface area contributed by atoms with Crippen LogP contribution in [-0.2, 0) is 20.9 Å². The number of hydrogen-bond acceptors (Lipinski definition) is 8. The average molecular weight is 719 g/mol. The second-order valence-electron chi connectivity index (χ2n) is 9.13. The number of halogens is 3. The van der Waals surface area contributed by atoms with Gasteiger partial charge in [-0.2, -0.15) is 0 Å². The Labute approximate surface area is 260 Å². The van der Waals surface area contributed by atoms with E-state index in [4.69, 9.17) is 32.7 Å². The zero-order valence-corrected chi connectivity index (χ0v) is 25.9. The van der Waals surface area contributed by atoms with Crippen LogP contribution >= 0.6 is 45.8 Å². The normalized spacial score (nSPS) is 18.2. The number of aldehydes is 1. The Morgan fingerprint density at radius 2 is 1.93 bits per heavy atom. The maximum absolute atomic E-state index is 13.4. The molecule has 41 heavy (non-hydrogen) atoms. The highest BCUT2D eigenvalue weighted by atomic mass is 127. The van der Waals surface area contributed by atoms with Crippen LogP contribution in [0.1, 0.15) is 35.7 Å². The fourth-order valence-electron chi connectivity index (χ4n) is 4.32. The monoisotopic (exact) mass is 718 g/mol. The highest BCUT2D eigenvalue weighted by Gasteiger charge is 2.42. The third kappa shape index (κ3) is 7.98. The Kier molecular flexibility index (Phi) is 12.0. The van der Waals surface area contributed by atoms with Crippen molar-refractivity contribution in [1.82, 2.24) is 10.2 Å². The molecule has 2 aromatic rings. The van der Waals surface area contributed by atoms with Gasteiger partial charge in [-0.3, -0.25) is 19.2 Å². The lowest BCUT2D eigenvalue weighted by Crippen LogP contribution is -2.56. The minimum atomic E-state index is -1.40. The number of amides is 2. The van der Waals surface area contributed by atoms with Gasteiger partial charge >= 0.3 is 0 Å². The van der Waals surface area contributed by atoms with Gasteiger partial charge in [0.2, 0.25) is 11.7 Å². The zero-order chi connectivity index (χ0) is 30.3. The highest BCUT2D eigenvalue weighted by molar-refractivity contribution is 14.1. The molecule has 10 nitrogen and oxygen atoms in total. The van der Waals surface area contributed by atoms with Crippen LogP contribution in [0.25, 0.3) is 0 Å². The summed E-state index contributed by atoms with van der Waals surface area (Å²) < 4.78 is 12.1. The summed E-state index contributed by atoms with van der Waals surface area (Å²) in [5.74, 6) is -1.64. The molecule has 0 spiro atoms. The Morgan fingerprint density at radius 1 is 1.20 bits per heavy atom. The van der Waals surface area contributed by atoms with Crippen molar-refractivity contribution in [3.05, 3.63) is 66.7 Å². The molecule has 0 bridgehead atoms. The third-order valence-corrected chi connectivity index (χ3v) is 7.95. The van der Waals surface area contributed by atoms with E-state index in [1.807, 2.05) is 22.6 Å². The van der Waals surface area contributed by atoms with Crippen molar-refractivity contribution in [2.24, 2.45) is 0 Å². The molecule has 1 aliphatic rings. The van der Waals surface area contributed by atoms with Gasteiger partial charge in [0.25, 0.3) is 5.91 Å². The van der Waals surface area contributed by atoms with E-state index in [2.05, 4.69) is 5.32 Å². The molecule has 0 saturated carbocycles. The SMILES string of the molecule is CCC(=O)C(=O)N(Cc1ccc(Cl)c(Cl)c1)[C@@H]1CC(C(=O)NCCO)=C[C@H](Oc2c(I)cc(C=O)cc2OC)[C@H]1O. The minimum Gasteiger partial charge on any atom is -0.493 e. The van der Waals surface area contributed by atoms with Gasteiger partial charge in [-0.15, -0.1) is 0 Å². The van der Waals surface area contributed by atoms with E-state index < -0.39 is 35.8 Å². The summed E-state index contributed by atoms with van der Waals surface area (Å²) in [5, 5.41) is 23.9. The summed E-state index contributed by atoms with van der Waals surface area (Å²) in [6.45, 7) is 1.12. The van der Waals surface area contributed by atoms with E-state index in [1.165, 1.54) is 24.2 Å². The first-order chi connectivity index (χ1) is 19.5. The van der Waals surface area contributed by atoms with Gasteiger partial charge in [-0.05, 0) is 58.5 Å². The molecule has 3 atom stereocenters. The molecule has 2 aromatic carbocycles.